The Balaban J connectivity index is 2.45. The highest BCUT2D eigenvalue weighted by molar-refractivity contribution is 5.97. The molecule has 6 heteroatoms. The van der Waals surface area contributed by atoms with Crippen molar-refractivity contribution in [1.29, 1.82) is 0 Å². The molecule has 2 amide bonds. The van der Waals surface area contributed by atoms with Crippen LogP contribution in [-0.2, 0) is 4.79 Å². The monoisotopic (exact) mass is 280 g/mol. The Kier molecular flexibility index (Phi) is 6.36. The molecule has 0 bridgehead atoms. The van der Waals surface area contributed by atoms with Crippen molar-refractivity contribution in [3.63, 3.8) is 0 Å². The Labute approximate surface area is 118 Å². The normalized spacial score (nSPS) is 9.90. The number of aromatic hydroxyl groups is 1. The maximum atomic E-state index is 11.8. The van der Waals surface area contributed by atoms with Crippen molar-refractivity contribution in [2.24, 2.45) is 0 Å². The third kappa shape index (κ3) is 4.79. The van der Waals surface area contributed by atoms with Crippen LogP contribution in [0.4, 0.5) is 0 Å². The minimum atomic E-state index is -0.423. The summed E-state index contributed by atoms with van der Waals surface area (Å²) >= 11 is 0. The lowest BCUT2D eigenvalue weighted by Gasteiger charge is -2.08. The van der Waals surface area contributed by atoms with E-state index in [-0.39, 0.29) is 30.2 Å². The fourth-order valence-corrected chi connectivity index (χ4v) is 1.57. The first-order valence-electron chi connectivity index (χ1n) is 6.50. The van der Waals surface area contributed by atoms with Crippen LogP contribution in [0.15, 0.2) is 18.2 Å². The second-order valence-corrected chi connectivity index (χ2v) is 4.24. The molecule has 3 N–H and O–H groups in total. The molecule has 0 radical (unpaired) electrons. The number of hydrogen-bond donors (Lipinski definition) is 3. The zero-order valence-electron chi connectivity index (χ0n) is 11.7. The van der Waals surface area contributed by atoms with Crippen molar-refractivity contribution in [2.75, 3.05) is 20.2 Å². The van der Waals surface area contributed by atoms with Crippen molar-refractivity contribution in [3.05, 3.63) is 23.8 Å². The number of hydrogen-bond acceptors (Lipinski definition) is 4. The number of phenolic OH excluding ortho intramolecular Hbond substituents is 1. The second-order valence-electron chi connectivity index (χ2n) is 4.24. The van der Waals surface area contributed by atoms with Gasteiger partial charge in [0.25, 0.3) is 5.91 Å². The van der Waals surface area contributed by atoms with Crippen LogP contribution in [0.1, 0.15) is 30.1 Å². The highest BCUT2D eigenvalue weighted by Crippen LogP contribution is 2.23. The van der Waals surface area contributed by atoms with Gasteiger partial charge in [-0.05, 0) is 18.6 Å². The molecule has 1 rings (SSSR count). The summed E-state index contributed by atoms with van der Waals surface area (Å²) in [7, 11) is 1.48. The first-order valence-corrected chi connectivity index (χ1v) is 6.50. The van der Waals surface area contributed by atoms with Gasteiger partial charge in [0.05, 0.1) is 12.7 Å². The van der Waals surface area contributed by atoms with Gasteiger partial charge in [-0.2, -0.15) is 0 Å². The standard InChI is InChI=1S/C14H20N2O4/c1-3-7-15-13(18)6-8-16-14(19)11-5-4-10(20-2)9-12(11)17/h4-5,9,17H,3,6-8H2,1-2H3,(H,15,18)(H,16,19). The van der Waals surface area contributed by atoms with Crippen molar-refractivity contribution in [3.8, 4) is 11.5 Å². The van der Waals surface area contributed by atoms with E-state index in [4.69, 9.17) is 4.74 Å². The lowest BCUT2D eigenvalue weighted by Crippen LogP contribution is -2.31. The van der Waals surface area contributed by atoms with E-state index >= 15 is 0 Å². The van der Waals surface area contributed by atoms with Gasteiger partial charge in [-0.15, -0.1) is 0 Å². The van der Waals surface area contributed by atoms with Gasteiger partial charge in [0, 0.05) is 25.6 Å². The van der Waals surface area contributed by atoms with E-state index in [9.17, 15) is 14.7 Å². The van der Waals surface area contributed by atoms with Gasteiger partial charge in [-0.25, -0.2) is 0 Å². The minimum Gasteiger partial charge on any atom is -0.507 e. The summed E-state index contributed by atoms with van der Waals surface area (Å²) in [5, 5.41) is 15.0. The third-order valence-electron chi connectivity index (χ3n) is 2.66. The molecule has 0 saturated heterocycles. The molecule has 1 aromatic rings. The predicted octanol–water partition coefficient (Wildman–Crippen LogP) is 1.05. The highest BCUT2D eigenvalue weighted by atomic mass is 16.5. The number of carbonyl (C=O) groups is 2. The fourth-order valence-electron chi connectivity index (χ4n) is 1.57. The van der Waals surface area contributed by atoms with Crippen molar-refractivity contribution < 1.29 is 19.4 Å². The Bertz CT molecular complexity index is 474. The number of phenols is 1. The first kappa shape index (κ1) is 15.8. The van der Waals surface area contributed by atoms with Crippen LogP contribution in [0.2, 0.25) is 0 Å². The van der Waals surface area contributed by atoms with Gasteiger partial charge in [-0.1, -0.05) is 6.92 Å². The lowest BCUT2D eigenvalue weighted by molar-refractivity contribution is -0.120. The number of nitrogens with one attached hydrogen (secondary N) is 2. The molecule has 0 aliphatic heterocycles. The largest absolute Gasteiger partial charge is 0.507 e. The quantitative estimate of drug-likeness (QED) is 0.696. The molecule has 1 aromatic carbocycles. The van der Waals surface area contributed by atoms with E-state index in [1.807, 2.05) is 6.92 Å². The molecule has 20 heavy (non-hydrogen) atoms. The molecule has 6 nitrogen and oxygen atoms in total. The van der Waals surface area contributed by atoms with E-state index in [0.29, 0.717) is 12.3 Å². The molecule has 0 heterocycles. The Morgan fingerprint density at radius 3 is 2.60 bits per heavy atom. The van der Waals surface area contributed by atoms with Gasteiger partial charge >= 0.3 is 0 Å². The summed E-state index contributed by atoms with van der Waals surface area (Å²) in [6.45, 7) is 2.82. The molecular formula is C14H20N2O4. The van der Waals surface area contributed by atoms with E-state index in [1.165, 1.54) is 19.2 Å². The van der Waals surface area contributed by atoms with Crippen LogP contribution in [0.3, 0.4) is 0 Å². The molecule has 0 unspecified atom stereocenters. The van der Waals surface area contributed by atoms with Crippen LogP contribution in [0.5, 0.6) is 11.5 Å². The molecule has 0 atom stereocenters. The predicted molar refractivity (Wildman–Crippen MR) is 74.9 cm³/mol. The van der Waals surface area contributed by atoms with Crippen molar-refractivity contribution in [1.82, 2.24) is 10.6 Å². The first-order chi connectivity index (χ1) is 9.58. The second kappa shape index (κ2) is 8.04. The summed E-state index contributed by atoms with van der Waals surface area (Å²) < 4.78 is 4.94. The van der Waals surface area contributed by atoms with Gasteiger partial charge in [0.15, 0.2) is 0 Å². The Hall–Kier alpha value is -2.24. The average molecular weight is 280 g/mol. The smallest absolute Gasteiger partial charge is 0.255 e. The number of benzene rings is 1. The summed E-state index contributed by atoms with van der Waals surface area (Å²) in [5.41, 5.74) is 0.153. The molecular weight excluding hydrogens is 260 g/mol. The fraction of sp³-hybridized carbons (Fsp3) is 0.429. The van der Waals surface area contributed by atoms with Gasteiger partial charge in [0.2, 0.25) is 5.91 Å². The van der Waals surface area contributed by atoms with Gasteiger partial charge in [0.1, 0.15) is 11.5 Å². The minimum absolute atomic E-state index is 0.105. The van der Waals surface area contributed by atoms with Crippen LogP contribution in [-0.4, -0.2) is 37.1 Å². The topological polar surface area (TPSA) is 87.7 Å². The third-order valence-corrected chi connectivity index (χ3v) is 2.66. The molecule has 0 saturated carbocycles. The van der Waals surface area contributed by atoms with Crippen molar-refractivity contribution >= 4 is 11.8 Å². The number of amides is 2. The molecule has 0 aliphatic carbocycles. The van der Waals surface area contributed by atoms with Crippen LogP contribution in [0, 0.1) is 0 Å². The van der Waals surface area contributed by atoms with E-state index in [0.717, 1.165) is 6.42 Å². The zero-order valence-corrected chi connectivity index (χ0v) is 11.7. The molecule has 110 valence electrons. The highest BCUT2D eigenvalue weighted by Gasteiger charge is 2.12. The molecule has 0 aliphatic rings. The number of methoxy groups -OCH3 is 1. The summed E-state index contributed by atoms with van der Waals surface area (Å²) in [4.78, 5) is 23.2. The maximum Gasteiger partial charge on any atom is 0.255 e. The summed E-state index contributed by atoms with van der Waals surface area (Å²) in [6, 6.07) is 4.42. The van der Waals surface area contributed by atoms with Gasteiger partial charge in [-0.3, -0.25) is 9.59 Å². The summed E-state index contributed by atoms with van der Waals surface area (Å²) in [6.07, 6.45) is 1.08. The Morgan fingerprint density at radius 2 is 2.00 bits per heavy atom. The molecule has 0 spiro atoms. The maximum absolute atomic E-state index is 11.8. The van der Waals surface area contributed by atoms with E-state index in [1.54, 1.807) is 6.07 Å². The molecule has 0 aromatic heterocycles. The average Bonchev–Trinajstić information content (AvgIpc) is 2.44. The number of rotatable bonds is 7. The number of ether oxygens (including phenoxy) is 1. The van der Waals surface area contributed by atoms with E-state index in [2.05, 4.69) is 10.6 Å². The lowest BCUT2D eigenvalue weighted by atomic mass is 10.1. The van der Waals surface area contributed by atoms with Crippen molar-refractivity contribution in [2.45, 2.75) is 19.8 Å². The van der Waals surface area contributed by atoms with Crippen LogP contribution >= 0.6 is 0 Å². The van der Waals surface area contributed by atoms with E-state index < -0.39 is 5.91 Å². The zero-order chi connectivity index (χ0) is 15.0. The molecule has 0 fully saturated rings. The Morgan fingerprint density at radius 1 is 1.25 bits per heavy atom. The number of carbonyl (C=O) groups excluding carboxylic acids is 2. The SMILES string of the molecule is CCCNC(=O)CCNC(=O)c1ccc(OC)cc1O. The van der Waals surface area contributed by atoms with Crippen LogP contribution < -0.4 is 15.4 Å². The van der Waals surface area contributed by atoms with Gasteiger partial charge < -0.3 is 20.5 Å². The summed E-state index contributed by atoms with van der Waals surface area (Å²) in [5.74, 6) is -0.213. The van der Waals surface area contributed by atoms with Crippen LogP contribution in [0.25, 0.3) is 0 Å².